The zero-order chi connectivity index (χ0) is 70.9. The normalized spacial score (nSPS) is 27.1. The van der Waals surface area contributed by atoms with Gasteiger partial charge in [-0.05, 0) is 72.6 Å². The topological polar surface area (TPSA) is 55.2 Å². The van der Waals surface area contributed by atoms with Crippen molar-refractivity contribution >= 4 is 45.9 Å². The Morgan fingerprint density at radius 3 is 1.71 bits per heavy atom. The van der Waals surface area contributed by atoms with Crippen LogP contribution in [-0.4, -0.2) is 13.0 Å². The second-order valence-electron chi connectivity index (χ2n) is 11.9. The van der Waals surface area contributed by atoms with Crippen LogP contribution in [0, 0.1) is 10.1 Å². The van der Waals surface area contributed by atoms with E-state index < -0.39 is 268 Å². The Balaban J connectivity index is 1.77. The van der Waals surface area contributed by atoms with Crippen LogP contribution < -0.4 is 26.1 Å². The Bertz CT molecular complexity index is 4110. The minimum absolute atomic E-state index is 0.673. The molecule has 1 aliphatic carbocycles. The minimum Gasteiger partial charge on any atom is -0.349 e. The van der Waals surface area contributed by atoms with Crippen molar-refractivity contribution in [1.29, 1.82) is 0 Å². The molecule has 0 unspecified atom stereocenters. The molecule has 0 fully saturated rings. The molecular formula is C50H46N2O2Si. The van der Waals surface area contributed by atoms with Crippen molar-refractivity contribution in [2.24, 2.45) is 0 Å². The molecule has 0 spiro atoms. The van der Waals surface area contributed by atoms with E-state index in [2.05, 4.69) is 5.32 Å². The molecule has 0 saturated heterocycles. The van der Waals surface area contributed by atoms with Crippen LogP contribution in [0.5, 0.6) is 0 Å². The third-order valence-electron chi connectivity index (χ3n) is 8.59. The number of fused-ring (bicyclic) bond motifs is 1. The molecule has 7 aromatic rings. The first-order valence-electron chi connectivity index (χ1n) is 34.9. The number of nitrogens with one attached hydrogen (secondary N) is 1. The molecule has 0 radical (unpaired) electrons. The summed E-state index contributed by atoms with van der Waals surface area (Å²) in [6, 6.07) is -24.1. The van der Waals surface area contributed by atoms with Gasteiger partial charge >= 0.3 is 0 Å². The molecule has 5 heteroatoms. The molecule has 0 aromatic heterocycles. The quantitative estimate of drug-likeness (QED) is 0.0688. The second-order valence-corrected chi connectivity index (χ2v) is 15.4. The highest BCUT2D eigenvalue weighted by Gasteiger charge is 2.42. The number of nitro groups is 1. The lowest BCUT2D eigenvalue weighted by Gasteiger charge is -2.42. The summed E-state index contributed by atoms with van der Waals surface area (Å²) in [5, 5.41) is 10.3. The van der Waals surface area contributed by atoms with Crippen molar-refractivity contribution in [3.05, 3.63) is 197 Å². The van der Waals surface area contributed by atoms with E-state index in [0.29, 0.717) is 0 Å². The molecule has 0 heterocycles. The maximum Gasteiger partial charge on any atom is 0.292 e. The Kier molecular flexibility index (Phi) is 3.32. The molecule has 0 bridgehead atoms. The van der Waals surface area contributed by atoms with E-state index in [1.54, 1.807) is 0 Å². The first kappa shape index (κ1) is 12.8. The number of anilines is 2. The molecule has 0 aliphatic heterocycles. The molecule has 55 heavy (non-hydrogen) atoms. The van der Waals surface area contributed by atoms with Gasteiger partial charge in [0.1, 0.15) is 5.69 Å². The maximum absolute atomic E-state index is 12.9. The van der Waals surface area contributed by atoms with Crippen LogP contribution in [0.4, 0.5) is 17.1 Å². The number of rotatable bonds is 9. The van der Waals surface area contributed by atoms with Gasteiger partial charge < -0.3 is 5.32 Å². The molecule has 0 saturated carbocycles. The van der Waals surface area contributed by atoms with Gasteiger partial charge in [0.15, 0.2) is 8.07 Å². The highest BCUT2D eigenvalue weighted by Crippen LogP contribution is 2.48. The predicted octanol–water partition coefficient (Wildman–Crippen LogP) is 10.4. The fourth-order valence-corrected chi connectivity index (χ4v) is 9.68. The largest absolute Gasteiger partial charge is 0.349 e. The van der Waals surface area contributed by atoms with Gasteiger partial charge in [0.2, 0.25) is 0 Å². The van der Waals surface area contributed by atoms with Gasteiger partial charge in [0, 0.05) is 39.1 Å². The van der Waals surface area contributed by atoms with E-state index in [9.17, 15) is 33.4 Å². The number of nitro benzene ring substituents is 1. The minimum atomic E-state index is -6.62. The monoisotopic (exact) mass is 773 g/mol. The average molecular weight is 773 g/mol. The fourth-order valence-electron chi connectivity index (χ4n) is 6.12. The third-order valence-corrected chi connectivity index (χ3v) is 12.6. The first-order chi connectivity index (χ1) is 42.3. The summed E-state index contributed by atoms with van der Waals surface area (Å²) >= 11 is 0. The number of benzene rings is 7. The van der Waals surface area contributed by atoms with Gasteiger partial charge in [0.25, 0.3) is 5.69 Å². The predicted molar refractivity (Wildman–Crippen MR) is 233 cm³/mol. The molecule has 1 aliphatic rings. The Morgan fingerprint density at radius 2 is 1.15 bits per heavy atom. The van der Waals surface area contributed by atoms with Crippen LogP contribution in [0.3, 0.4) is 0 Å². The van der Waals surface area contributed by atoms with E-state index >= 15 is 0 Å². The molecule has 0 atom stereocenters. The van der Waals surface area contributed by atoms with Crippen LogP contribution in [0.25, 0.3) is 22.3 Å². The van der Waals surface area contributed by atoms with Gasteiger partial charge in [-0.25, -0.2) is 0 Å². The van der Waals surface area contributed by atoms with E-state index in [-0.39, 0.29) is 0 Å². The van der Waals surface area contributed by atoms with Crippen LogP contribution in [0.2, 0.25) is 0 Å². The van der Waals surface area contributed by atoms with E-state index in [1.165, 1.54) is 0 Å². The standard InChI is InChI=1S/C50H46N2O2Si/c1-49(2)32-33-50(3,4)45-35-37(30-31-44(45)49)43-27-17-26-42(48(43)51-46-28-14-15-29-47(46)52(53)54)36-18-16-25-41(34-36)55(38-19-8-5-9-20-38,39-21-10-6-11-22-39)40-23-12-7-13-24-40/h5-31,34-35,51H,32-33H2,1-4H3/i1D3,2D3,3D3,4D3,5D,6D,7D,8D,9D,10D,11D,12D,13D,16D,18D,19D,20D,21D,22D,23D,24D,25D,30D,31D,32D2,33D2,34D,35D. The Hall–Kier alpha value is -6.04. The number of hydrogen-bond donors (Lipinski definition) is 1. The summed E-state index contributed by atoms with van der Waals surface area (Å²) in [4.78, 5) is 11.9. The number of para-hydroxylation sites is 3. The number of hydrogen-bond acceptors (Lipinski definition) is 3. The van der Waals surface area contributed by atoms with E-state index in [0.717, 1.165) is 42.5 Å². The highest BCUT2D eigenvalue weighted by atomic mass is 28.3. The van der Waals surface area contributed by atoms with Gasteiger partial charge in [-0.15, -0.1) is 0 Å². The molecule has 8 rings (SSSR count). The van der Waals surface area contributed by atoms with Crippen LogP contribution in [0.15, 0.2) is 175 Å². The summed E-state index contributed by atoms with van der Waals surface area (Å²) in [5.41, 5.74) is -20.1. The highest BCUT2D eigenvalue weighted by molar-refractivity contribution is 7.19. The van der Waals surface area contributed by atoms with E-state index in [1.807, 2.05) is 0 Å². The van der Waals surface area contributed by atoms with Crippen molar-refractivity contribution in [3.8, 4) is 22.3 Å². The zero-order valence-corrected chi connectivity index (χ0v) is 28.8. The smallest absolute Gasteiger partial charge is 0.292 e. The van der Waals surface area contributed by atoms with Gasteiger partial charge in [0.05, 0.1) is 40.8 Å². The fraction of sp³-hybridized carbons (Fsp3) is 0.160. The van der Waals surface area contributed by atoms with Gasteiger partial charge in [-0.1, -0.05) is 191 Å². The molecule has 272 valence electrons. The van der Waals surface area contributed by atoms with Crippen molar-refractivity contribution in [3.63, 3.8) is 0 Å². The van der Waals surface area contributed by atoms with E-state index in [4.69, 9.17) is 28.8 Å². The lowest BCUT2D eigenvalue weighted by Crippen LogP contribution is -2.74. The number of nitrogens with zero attached hydrogens (tertiary/aromatic N) is 1. The van der Waals surface area contributed by atoms with Gasteiger partial charge in [-0.3, -0.25) is 10.1 Å². The summed E-state index contributed by atoms with van der Waals surface area (Å²) in [5.74, 6) is 0. The summed E-state index contributed by atoms with van der Waals surface area (Å²) in [7, 11) is -6.62. The first-order valence-corrected chi connectivity index (χ1v) is 17.9. The van der Waals surface area contributed by atoms with Crippen LogP contribution in [-0.2, 0) is 10.8 Å². The van der Waals surface area contributed by atoms with Crippen molar-refractivity contribution in [2.75, 3.05) is 5.32 Å². The van der Waals surface area contributed by atoms with Crippen molar-refractivity contribution in [1.82, 2.24) is 0 Å². The summed E-state index contributed by atoms with van der Waals surface area (Å²) in [6.45, 7) is -18.1. The molecular weight excluding hydrogens is 689 g/mol. The maximum atomic E-state index is 12.9. The average Bonchev–Trinajstić information content (AvgIpc) is 0.637. The summed E-state index contributed by atoms with van der Waals surface area (Å²) in [6.07, 6.45) is -9.61. The molecule has 7 aromatic carbocycles. The molecule has 4 nitrogen and oxygen atoms in total. The molecule has 0 amide bonds. The van der Waals surface area contributed by atoms with Crippen molar-refractivity contribution < 1.29 is 57.0 Å². The zero-order valence-electron chi connectivity index (χ0n) is 65.8. The van der Waals surface area contributed by atoms with Crippen LogP contribution >= 0.6 is 0 Å². The molecule has 1 N–H and O–H groups in total. The van der Waals surface area contributed by atoms with Gasteiger partial charge in [-0.2, -0.15) is 0 Å². The van der Waals surface area contributed by atoms with Crippen molar-refractivity contribution in [2.45, 2.75) is 51.0 Å². The Labute approximate surface area is 379 Å². The summed E-state index contributed by atoms with van der Waals surface area (Å²) < 4.78 is 348. The van der Waals surface area contributed by atoms with Crippen LogP contribution in [0.1, 0.15) is 103 Å². The third kappa shape index (κ3) is 6.49. The lowest BCUT2D eigenvalue weighted by molar-refractivity contribution is -0.383. The Morgan fingerprint density at radius 1 is 0.618 bits per heavy atom. The lowest BCUT2D eigenvalue weighted by atomic mass is 9.63. The SMILES string of the molecule is [2H]c1c([2H])c([2H])c([Si](c2c([2H])c([2H])c([2H])c([2H])c2[2H])(c2c([2H])c([2H])c([2H])c([2H])c2[2H])c2c([2H])c([2H])c([2H])c(-c3cccc(-c4c([2H])c([2H])c5c(c4[2H])C(C([2H])([2H])[2H])(C([2H])([2H])[2H])C([2H])([2H])C([2H])([2H])C5(C([2H])([2H])[2H])C([2H])([2H])[2H])c3Nc3ccccc3[N+](=O)[O-])c2[2H])c([2H])c1[2H]. The second kappa shape index (κ2) is 14.3.